The molecule has 17 heavy (non-hydrogen) atoms. The number of aryl methyl sites for hydroxylation is 1. The van der Waals surface area contributed by atoms with Gasteiger partial charge in [-0.05, 0) is 24.6 Å². The zero-order valence-electron chi connectivity index (χ0n) is 10.1. The normalized spacial score (nSPS) is 10.1. The number of rotatable bonds is 2. The van der Waals surface area contributed by atoms with Gasteiger partial charge >= 0.3 is 0 Å². The van der Waals surface area contributed by atoms with E-state index in [1.54, 1.807) is 6.92 Å². The van der Waals surface area contributed by atoms with E-state index < -0.39 is 17.1 Å². The van der Waals surface area contributed by atoms with Crippen LogP contribution in [-0.2, 0) is 0 Å². The maximum Gasteiger partial charge on any atom is 0.268 e. The van der Waals surface area contributed by atoms with E-state index in [-0.39, 0.29) is 5.69 Å². The SMILES string of the molecule is CC.[B]C([B])([B])NC(=O)c1cc(C)cc(F)n1. The van der Waals surface area contributed by atoms with Gasteiger partial charge in [-0.2, -0.15) is 4.39 Å². The van der Waals surface area contributed by atoms with Crippen LogP contribution in [0.4, 0.5) is 4.39 Å². The van der Waals surface area contributed by atoms with E-state index in [0.717, 1.165) is 0 Å². The molecule has 6 radical (unpaired) electrons. The highest BCUT2D eigenvalue weighted by Crippen LogP contribution is 2.04. The molecule has 1 amide bonds. The van der Waals surface area contributed by atoms with Gasteiger partial charge in [0.25, 0.3) is 5.91 Å². The van der Waals surface area contributed by atoms with Crippen molar-refractivity contribution in [3.05, 3.63) is 29.3 Å². The fourth-order valence-electron chi connectivity index (χ4n) is 1.00. The third kappa shape index (κ3) is 6.14. The van der Waals surface area contributed by atoms with Crippen LogP contribution in [-0.4, -0.2) is 39.7 Å². The lowest BCUT2D eigenvalue weighted by Gasteiger charge is -2.21. The molecular formula is C10H12B3FN2O. The van der Waals surface area contributed by atoms with Crippen molar-refractivity contribution in [2.45, 2.75) is 26.0 Å². The minimum absolute atomic E-state index is 0.127. The van der Waals surface area contributed by atoms with E-state index in [0.29, 0.717) is 5.56 Å². The fourth-order valence-corrected chi connectivity index (χ4v) is 1.00. The van der Waals surface area contributed by atoms with Crippen LogP contribution in [0.2, 0.25) is 0 Å². The summed E-state index contributed by atoms with van der Waals surface area (Å²) < 4.78 is 12.8. The predicted octanol–water partition coefficient (Wildman–Crippen LogP) is 0.402. The van der Waals surface area contributed by atoms with Crippen LogP contribution in [0.25, 0.3) is 0 Å². The Morgan fingerprint density at radius 3 is 2.29 bits per heavy atom. The van der Waals surface area contributed by atoms with Crippen LogP contribution in [0, 0.1) is 12.9 Å². The summed E-state index contributed by atoms with van der Waals surface area (Å²) in [6.45, 7) is 5.63. The Bertz CT molecular complexity index is 373. The smallest absolute Gasteiger partial charge is 0.268 e. The summed E-state index contributed by atoms with van der Waals surface area (Å²) >= 11 is 0. The molecule has 1 rings (SSSR count). The molecule has 7 heteroatoms. The maximum atomic E-state index is 12.8. The first-order chi connectivity index (χ1) is 7.78. The lowest BCUT2D eigenvalue weighted by atomic mass is 9.49. The zero-order valence-corrected chi connectivity index (χ0v) is 10.1. The number of nitrogens with zero attached hydrogens (tertiary/aromatic N) is 1. The first kappa shape index (κ1) is 15.7. The highest BCUT2D eigenvalue weighted by atomic mass is 19.1. The molecule has 3 nitrogen and oxygen atoms in total. The Kier molecular flexibility index (Phi) is 5.99. The van der Waals surface area contributed by atoms with Gasteiger partial charge in [0.2, 0.25) is 5.95 Å². The molecule has 0 fully saturated rings. The first-order valence-corrected chi connectivity index (χ1v) is 5.11. The van der Waals surface area contributed by atoms with Crippen LogP contribution in [0.3, 0.4) is 0 Å². The Hall–Kier alpha value is -1.26. The molecule has 1 aromatic rings. The van der Waals surface area contributed by atoms with E-state index in [2.05, 4.69) is 10.3 Å². The van der Waals surface area contributed by atoms with Gasteiger partial charge in [-0.25, -0.2) is 4.98 Å². The minimum atomic E-state index is -1.85. The van der Waals surface area contributed by atoms with Crippen molar-refractivity contribution in [3.8, 4) is 0 Å². The molecule has 0 aliphatic rings. The van der Waals surface area contributed by atoms with Gasteiger partial charge in [-0.15, -0.1) is 0 Å². The molecule has 84 valence electrons. The number of hydrogen-bond acceptors (Lipinski definition) is 2. The Labute approximate surface area is 105 Å². The lowest BCUT2D eigenvalue weighted by Crippen LogP contribution is -2.50. The van der Waals surface area contributed by atoms with Crippen molar-refractivity contribution >= 4 is 29.4 Å². The minimum Gasteiger partial charge on any atom is -0.371 e. The van der Waals surface area contributed by atoms with E-state index in [9.17, 15) is 9.18 Å². The van der Waals surface area contributed by atoms with Gasteiger partial charge in [0, 0.05) is 0 Å². The van der Waals surface area contributed by atoms with Crippen molar-refractivity contribution in [1.82, 2.24) is 10.3 Å². The molecule has 1 heterocycles. The summed E-state index contributed by atoms with van der Waals surface area (Å²) in [5.41, 5.74) is 0.433. The van der Waals surface area contributed by atoms with Gasteiger partial charge in [0.15, 0.2) is 0 Å². The Morgan fingerprint density at radius 1 is 1.35 bits per heavy atom. The Morgan fingerprint density at radius 2 is 1.88 bits per heavy atom. The van der Waals surface area contributed by atoms with Gasteiger partial charge in [-0.1, -0.05) is 19.1 Å². The van der Waals surface area contributed by atoms with Crippen molar-refractivity contribution < 1.29 is 9.18 Å². The van der Waals surface area contributed by atoms with Crippen LogP contribution in [0.1, 0.15) is 29.9 Å². The largest absolute Gasteiger partial charge is 0.371 e. The van der Waals surface area contributed by atoms with Crippen molar-refractivity contribution in [3.63, 3.8) is 0 Å². The molecule has 0 aliphatic heterocycles. The first-order valence-electron chi connectivity index (χ1n) is 5.11. The second kappa shape index (κ2) is 6.47. The number of halogens is 1. The average molecular weight is 228 g/mol. The standard InChI is InChI=1S/C8H6B3FN2O.C2H6/c1-4-2-5(13-6(12)3-4)7(15)14-8(9,10)11;1-2/h2-3H,1H3,(H,14,15);1-2H3. The van der Waals surface area contributed by atoms with E-state index in [1.807, 2.05) is 13.8 Å². The Balaban J connectivity index is 0.00000121. The average Bonchev–Trinajstić information content (AvgIpc) is 2.16. The number of carbonyl (C=O) groups excluding carboxylic acids is 1. The summed E-state index contributed by atoms with van der Waals surface area (Å²) in [5, 5.41) is 0.207. The summed E-state index contributed by atoms with van der Waals surface area (Å²) in [6, 6.07) is 2.58. The van der Waals surface area contributed by atoms with Crippen LogP contribution in [0.5, 0.6) is 0 Å². The third-order valence-corrected chi connectivity index (χ3v) is 1.50. The van der Waals surface area contributed by atoms with Gasteiger partial charge < -0.3 is 5.32 Å². The molecule has 0 atom stereocenters. The predicted molar refractivity (Wildman–Crippen MR) is 67.7 cm³/mol. The summed E-state index contributed by atoms with van der Waals surface area (Å²) in [5.74, 6) is -1.48. The number of hydrogen-bond donors (Lipinski definition) is 1. The molecule has 1 aromatic heterocycles. The van der Waals surface area contributed by atoms with Crippen molar-refractivity contribution in [1.29, 1.82) is 0 Å². The van der Waals surface area contributed by atoms with Crippen LogP contribution >= 0.6 is 0 Å². The van der Waals surface area contributed by atoms with E-state index in [4.69, 9.17) is 23.5 Å². The van der Waals surface area contributed by atoms with Crippen molar-refractivity contribution in [2.24, 2.45) is 0 Å². The number of aromatic nitrogens is 1. The topological polar surface area (TPSA) is 42.0 Å². The maximum absolute atomic E-state index is 12.8. The van der Waals surface area contributed by atoms with E-state index in [1.165, 1.54) is 12.1 Å². The summed E-state index contributed by atoms with van der Waals surface area (Å²) in [4.78, 5) is 14.8. The zero-order chi connectivity index (χ0) is 13.6. The van der Waals surface area contributed by atoms with Crippen LogP contribution in [0.15, 0.2) is 12.1 Å². The summed E-state index contributed by atoms with van der Waals surface area (Å²) in [6.07, 6.45) is 0. The number of pyridine rings is 1. The fraction of sp³-hybridized carbons (Fsp3) is 0.400. The highest BCUT2D eigenvalue weighted by molar-refractivity contribution is 6.60. The number of nitrogens with one attached hydrogen (secondary N) is 1. The number of amides is 1. The highest BCUT2D eigenvalue weighted by Gasteiger charge is 2.16. The number of carbonyl (C=O) groups is 1. The van der Waals surface area contributed by atoms with Crippen LogP contribution < -0.4 is 5.32 Å². The van der Waals surface area contributed by atoms with Gasteiger partial charge in [-0.3, -0.25) is 4.79 Å². The van der Waals surface area contributed by atoms with E-state index >= 15 is 0 Å². The van der Waals surface area contributed by atoms with Crippen molar-refractivity contribution in [2.75, 3.05) is 0 Å². The second-order valence-corrected chi connectivity index (χ2v) is 3.24. The molecule has 0 bridgehead atoms. The quantitative estimate of drug-likeness (QED) is 0.587. The molecule has 0 aliphatic carbocycles. The molecule has 0 unspecified atom stereocenters. The molecule has 1 N–H and O–H groups in total. The summed E-state index contributed by atoms with van der Waals surface area (Å²) in [7, 11) is 15.5. The molecule has 0 saturated carbocycles. The lowest BCUT2D eigenvalue weighted by molar-refractivity contribution is 0.0946. The molecule has 0 saturated heterocycles. The molecule has 0 spiro atoms. The second-order valence-electron chi connectivity index (χ2n) is 3.24. The molecule has 0 aromatic carbocycles. The third-order valence-electron chi connectivity index (χ3n) is 1.50. The monoisotopic (exact) mass is 228 g/mol. The van der Waals surface area contributed by atoms with Gasteiger partial charge in [0.05, 0.1) is 23.5 Å². The molecular weight excluding hydrogens is 216 g/mol. The van der Waals surface area contributed by atoms with Gasteiger partial charge in [0.1, 0.15) is 5.69 Å².